The van der Waals surface area contributed by atoms with Crippen LogP contribution in [0.3, 0.4) is 0 Å². The van der Waals surface area contributed by atoms with E-state index in [9.17, 15) is 4.79 Å². The highest BCUT2D eigenvalue weighted by Crippen LogP contribution is 2.01. The van der Waals surface area contributed by atoms with E-state index in [1.165, 1.54) is 0 Å². The molecule has 1 amide bonds. The summed E-state index contributed by atoms with van der Waals surface area (Å²) in [6, 6.07) is 0.481. The molecule has 4 nitrogen and oxygen atoms in total. The molecular formula is C12H25N3OS. The van der Waals surface area contributed by atoms with Gasteiger partial charge in [0.2, 0.25) is 5.91 Å². The van der Waals surface area contributed by atoms with Gasteiger partial charge < -0.3 is 15.5 Å². The van der Waals surface area contributed by atoms with E-state index in [0.29, 0.717) is 30.4 Å². The number of amides is 1. The summed E-state index contributed by atoms with van der Waals surface area (Å²) in [5, 5.41) is 0. The van der Waals surface area contributed by atoms with Crippen LogP contribution in [-0.2, 0) is 4.79 Å². The molecule has 100 valence electrons. The first-order chi connectivity index (χ1) is 7.88. The van der Waals surface area contributed by atoms with E-state index < -0.39 is 0 Å². The standard InChI is InChI=1S/C12H25N3OS/c1-5-15(10(2)3)9-7-12(16)14(4)8-6-11(13)17/h10H,5-9H2,1-4H3,(H2,13,17). The molecule has 0 radical (unpaired) electrons. The molecule has 0 aliphatic carbocycles. The zero-order valence-corrected chi connectivity index (χ0v) is 12.2. The number of hydrogen-bond acceptors (Lipinski definition) is 3. The van der Waals surface area contributed by atoms with E-state index in [4.69, 9.17) is 18.0 Å². The Morgan fingerprint density at radius 2 is 1.88 bits per heavy atom. The van der Waals surface area contributed by atoms with Crippen molar-refractivity contribution >= 4 is 23.1 Å². The van der Waals surface area contributed by atoms with Crippen LogP contribution in [-0.4, -0.2) is 53.4 Å². The van der Waals surface area contributed by atoms with Gasteiger partial charge in [-0.2, -0.15) is 0 Å². The summed E-state index contributed by atoms with van der Waals surface area (Å²) in [5.41, 5.74) is 5.41. The third-order valence-corrected chi connectivity index (χ3v) is 3.07. The van der Waals surface area contributed by atoms with Gasteiger partial charge in [-0.25, -0.2) is 0 Å². The van der Waals surface area contributed by atoms with Gasteiger partial charge >= 0.3 is 0 Å². The summed E-state index contributed by atoms with van der Waals surface area (Å²) in [6.07, 6.45) is 1.15. The summed E-state index contributed by atoms with van der Waals surface area (Å²) in [5.74, 6) is 0.153. The maximum Gasteiger partial charge on any atom is 0.223 e. The van der Waals surface area contributed by atoms with Crippen LogP contribution in [0.2, 0.25) is 0 Å². The molecule has 0 bridgehead atoms. The van der Waals surface area contributed by atoms with Crippen LogP contribution in [0, 0.1) is 0 Å². The van der Waals surface area contributed by atoms with Gasteiger partial charge in [-0.1, -0.05) is 19.1 Å². The Labute approximate surface area is 110 Å². The Balaban J connectivity index is 3.95. The number of thiocarbonyl (C=S) groups is 1. The topological polar surface area (TPSA) is 49.6 Å². The number of nitrogens with zero attached hydrogens (tertiary/aromatic N) is 2. The molecule has 0 unspecified atom stereocenters. The number of nitrogens with two attached hydrogens (primary N) is 1. The molecule has 5 heteroatoms. The van der Waals surface area contributed by atoms with E-state index in [1.807, 2.05) is 0 Å². The third kappa shape index (κ3) is 7.28. The first-order valence-electron chi connectivity index (χ1n) is 6.14. The monoisotopic (exact) mass is 259 g/mol. The quantitative estimate of drug-likeness (QED) is 0.666. The van der Waals surface area contributed by atoms with E-state index in [0.717, 1.165) is 13.1 Å². The van der Waals surface area contributed by atoms with Gasteiger partial charge in [-0.3, -0.25) is 4.79 Å². The van der Waals surface area contributed by atoms with Crippen LogP contribution in [0.1, 0.15) is 33.6 Å². The maximum absolute atomic E-state index is 11.8. The lowest BCUT2D eigenvalue weighted by molar-refractivity contribution is -0.130. The van der Waals surface area contributed by atoms with E-state index >= 15 is 0 Å². The predicted octanol–water partition coefficient (Wildman–Crippen LogP) is 1.24. The lowest BCUT2D eigenvalue weighted by atomic mass is 10.2. The summed E-state index contributed by atoms with van der Waals surface area (Å²) in [4.78, 5) is 16.3. The zero-order valence-electron chi connectivity index (χ0n) is 11.4. The summed E-state index contributed by atoms with van der Waals surface area (Å²) in [7, 11) is 1.80. The Morgan fingerprint density at radius 1 is 1.29 bits per heavy atom. The molecule has 0 atom stereocenters. The highest BCUT2D eigenvalue weighted by molar-refractivity contribution is 7.80. The van der Waals surface area contributed by atoms with Crippen molar-refractivity contribution in [3.63, 3.8) is 0 Å². The molecule has 0 saturated heterocycles. The smallest absolute Gasteiger partial charge is 0.223 e. The van der Waals surface area contributed by atoms with Crippen LogP contribution in [0.15, 0.2) is 0 Å². The molecule has 0 aliphatic heterocycles. The summed E-state index contributed by atoms with van der Waals surface area (Å²) in [6.45, 7) is 8.80. The second-order valence-electron chi connectivity index (χ2n) is 4.50. The molecule has 2 N–H and O–H groups in total. The van der Waals surface area contributed by atoms with Crippen molar-refractivity contribution in [1.82, 2.24) is 9.80 Å². The Kier molecular flexibility index (Phi) is 8.08. The average molecular weight is 259 g/mol. The Hall–Kier alpha value is -0.680. The maximum atomic E-state index is 11.8. The van der Waals surface area contributed by atoms with Gasteiger partial charge in [0.25, 0.3) is 0 Å². The fourth-order valence-electron chi connectivity index (χ4n) is 1.61. The van der Waals surface area contributed by atoms with Gasteiger partial charge in [0.05, 0.1) is 4.99 Å². The van der Waals surface area contributed by atoms with Gasteiger partial charge in [0.15, 0.2) is 0 Å². The zero-order chi connectivity index (χ0) is 13.4. The van der Waals surface area contributed by atoms with Crippen molar-refractivity contribution in [3.05, 3.63) is 0 Å². The molecule has 0 fully saturated rings. The van der Waals surface area contributed by atoms with Crippen LogP contribution in [0.4, 0.5) is 0 Å². The molecule has 0 spiro atoms. The molecule has 0 heterocycles. The fraction of sp³-hybridized carbons (Fsp3) is 0.833. The molecule has 0 saturated carbocycles. The SMILES string of the molecule is CCN(CCC(=O)N(C)CCC(N)=S)C(C)C. The molecule has 0 aliphatic rings. The van der Waals surface area contributed by atoms with E-state index in [-0.39, 0.29) is 5.91 Å². The minimum absolute atomic E-state index is 0.153. The average Bonchev–Trinajstić information content (AvgIpc) is 2.25. The molecule has 0 rings (SSSR count). The molecule has 0 aromatic heterocycles. The van der Waals surface area contributed by atoms with Crippen LogP contribution < -0.4 is 5.73 Å². The fourth-order valence-corrected chi connectivity index (χ4v) is 1.71. The van der Waals surface area contributed by atoms with Crippen molar-refractivity contribution in [2.45, 2.75) is 39.7 Å². The second-order valence-corrected chi connectivity index (χ2v) is 5.03. The number of carbonyl (C=O) groups is 1. The van der Waals surface area contributed by atoms with E-state index in [1.54, 1.807) is 11.9 Å². The summed E-state index contributed by atoms with van der Waals surface area (Å²) >= 11 is 4.79. The minimum atomic E-state index is 0.153. The van der Waals surface area contributed by atoms with E-state index in [2.05, 4.69) is 25.7 Å². The highest BCUT2D eigenvalue weighted by atomic mass is 32.1. The largest absolute Gasteiger partial charge is 0.393 e. The first-order valence-corrected chi connectivity index (χ1v) is 6.55. The lowest BCUT2D eigenvalue weighted by Crippen LogP contribution is -2.36. The predicted molar refractivity (Wildman–Crippen MR) is 76.0 cm³/mol. The Morgan fingerprint density at radius 3 is 2.29 bits per heavy atom. The van der Waals surface area contributed by atoms with Crippen molar-refractivity contribution < 1.29 is 4.79 Å². The number of rotatable bonds is 8. The minimum Gasteiger partial charge on any atom is -0.393 e. The lowest BCUT2D eigenvalue weighted by Gasteiger charge is -2.25. The Bertz CT molecular complexity index is 256. The van der Waals surface area contributed by atoms with Gasteiger partial charge in [-0.05, 0) is 20.4 Å². The second kappa shape index (κ2) is 8.42. The first kappa shape index (κ1) is 16.3. The van der Waals surface area contributed by atoms with Crippen molar-refractivity contribution in [2.24, 2.45) is 5.73 Å². The summed E-state index contributed by atoms with van der Waals surface area (Å²) < 4.78 is 0. The molecule has 0 aromatic rings. The number of carbonyl (C=O) groups excluding carboxylic acids is 1. The van der Waals surface area contributed by atoms with Crippen molar-refractivity contribution in [3.8, 4) is 0 Å². The van der Waals surface area contributed by atoms with Crippen LogP contribution >= 0.6 is 12.2 Å². The van der Waals surface area contributed by atoms with Crippen molar-refractivity contribution in [1.29, 1.82) is 0 Å². The highest BCUT2D eigenvalue weighted by Gasteiger charge is 2.12. The van der Waals surface area contributed by atoms with Gasteiger partial charge in [-0.15, -0.1) is 0 Å². The van der Waals surface area contributed by atoms with Crippen molar-refractivity contribution in [2.75, 3.05) is 26.7 Å². The normalized spacial score (nSPS) is 10.9. The third-order valence-electron chi connectivity index (χ3n) is 2.87. The van der Waals surface area contributed by atoms with Crippen LogP contribution in [0.25, 0.3) is 0 Å². The van der Waals surface area contributed by atoms with Gasteiger partial charge in [0, 0.05) is 39.0 Å². The van der Waals surface area contributed by atoms with Gasteiger partial charge in [0.1, 0.15) is 0 Å². The molecule has 17 heavy (non-hydrogen) atoms. The molecule has 0 aromatic carbocycles. The molecular weight excluding hydrogens is 234 g/mol. The number of hydrogen-bond donors (Lipinski definition) is 1. The van der Waals surface area contributed by atoms with Crippen LogP contribution in [0.5, 0.6) is 0 Å².